The number of halogens is 1. The van der Waals surface area contributed by atoms with Crippen LogP contribution in [-0.2, 0) is 6.42 Å². The minimum Gasteiger partial charge on any atom is -0.495 e. The SMILES string of the molecule is COc1ccc(C(O)C2Cc3ccccc32)c(OC)c1Br. The molecule has 0 saturated heterocycles. The monoisotopic (exact) mass is 348 g/mol. The molecular weight excluding hydrogens is 332 g/mol. The summed E-state index contributed by atoms with van der Waals surface area (Å²) in [6, 6.07) is 12.0. The Kier molecular flexibility index (Phi) is 3.91. The molecule has 2 atom stereocenters. The van der Waals surface area contributed by atoms with Crippen molar-refractivity contribution in [3.63, 3.8) is 0 Å². The average molecular weight is 349 g/mol. The third kappa shape index (κ3) is 2.32. The zero-order valence-corrected chi connectivity index (χ0v) is 13.6. The van der Waals surface area contributed by atoms with Crippen molar-refractivity contribution in [1.82, 2.24) is 0 Å². The van der Waals surface area contributed by atoms with Gasteiger partial charge in [0.2, 0.25) is 0 Å². The van der Waals surface area contributed by atoms with E-state index >= 15 is 0 Å². The number of aliphatic hydroxyl groups is 1. The van der Waals surface area contributed by atoms with Gasteiger partial charge >= 0.3 is 0 Å². The lowest BCUT2D eigenvalue weighted by atomic mass is 9.73. The second kappa shape index (κ2) is 5.70. The standard InChI is InChI=1S/C17H17BrO3/c1-20-14-8-7-12(17(21-2)15(14)18)16(19)13-9-10-5-3-4-6-11(10)13/h3-8,13,16,19H,9H2,1-2H3. The summed E-state index contributed by atoms with van der Waals surface area (Å²) >= 11 is 3.48. The Morgan fingerprint density at radius 1 is 1.14 bits per heavy atom. The molecule has 0 fully saturated rings. The van der Waals surface area contributed by atoms with Gasteiger partial charge in [-0.1, -0.05) is 24.3 Å². The van der Waals surface area contributed by atoms with Crippen LogP contribution in [0.15, 0.2) is 40.9 Å². The van der Waals surface area contributed by atoms with Crippen molar-refractivity contribution in [2.75, 3.05) is 14.2 Å². The molecule has 0 amide bonds. The van der Waals surface area contributed by atoms with E-state index in [9.17, 15) is 5.11 Å². The van der Waals surface area contributed by atoms with E-state index in [2.05, 4.69) is 28.1 Å². The third-order valence-corrected chi connectivity index (χ3v) is 4.86. The number of methoxy groups -OCH3 is 2. The van der Waals surface area contributed by atoms with E-state index in [-0.39, 0.29) is 5.92 Å². The highest BCUT2D eigenvalue weighted by Gasteiger charge is 2.34. The van der Waals surface area contributed by atoms with Crippen LogP contribution in [0.5, 0.6) is 11.5 Å². The molecule has 110 valence electrons. The van der Waals surface area contributed by atoms with Crippen molar-refractivity contribution in [3.05, 3.63) is 57.6 Å². The fraction of sp³-hybridized carbons (Fsp3) is 0.294. The molecule has 2 unspecified atom stereocenters. The van der Waals surface area contributed by atoms with Gasteiger partial charge in [-0.15, -0.1) is 0 Å². The molecule has 0 heterocycles. The van der Waals surface area contributed by atoms with E-state index in [1.165, 1.54) is 11.1 Å². The largest absolute Gasteiger partial charge is 0.495 e. The lowest BCUT2D eigenvalue weighted by Gasteiger charge is -2.34. The maximum atomic E-state index is 10.7. The Labute approximate surface area is 132 Å². The highest BCUT2D eigenvalue weighted by Crippen LogP contribution is 2.48. The van der Waals surface area contributed by atoms with E-state index in [4.69, 9.17) is 9.47 Å². The first-order valence-corrected chi connectivity index (χ1v) is 7.63. The van der Waals surface area contributed by atoms with E-state index in [0.29, 0.717) is 11.5 Å². The Balaban J connectivity index is 1.96. The van der Waals surface area contributed by atoms with Crippen molar-refractivity contribution in [2.45, 2.75) is 18.4 Å². The molecule has 1 N–H and O–H groups in total. The second-order valence-electron chi connectivity index (χ2n) is 5.16. The summed E-state index contributed by atoms with van der Waals surface area (Å²) < 4.78 is 11.5. The Bertz CT molecular complexity index is 669. The number of fused-ring (bicyclic) bond motifs is 1. The van der Waals surface area contributed by atoms with Crippen LogP contribution in [0.4, 0.5) is 0 Å². The zero-order valence-electron chi connectivity index (χ0n) is 12.0. The van der Waals surface area contributed by atoms with Gasteiger partial charge in [0, 0.05) is 11.5 Å². The molecule has 2 aromatic carbocycles. The number of rotatable bonds is 4. The number of aliphatic hydroxyl groups excluding tert-OH is 1. The molecule has 0 spiro atoms. The zero-order chi connectivity index (χ0) is 15.0. The summed E-state index contributed by atoms with van der Waals surface area (Å²) in [5.41, 5.74) is 3.32. The maximum absolute atomic E-state index is 10.7. The summed E-state index contributed by atoms with van der Waals surface area (Å²) in [6.45, 7) is 0. The van der Waals surface area contributed by atoms with Gasteiger partial charge in [-0.3, -0.25) is 0 Å². The van der Waals surface area contributed by atoms with Crippen LogP contribution in [0.2, 0.25) is 0 Å². The minimum atomic E-state index is -0.586. The van der Waals surface area contributed by atoms with E-state index in [1.807, 2.05) is 24.3 Å². The van der Waals surface area contributed by atoms with Crippen LogP contribution in [0, 0.1) is 0 Å². The predicted molar refractivity (Wildman–Crippen MR) is 85.1 cm³/mol. The van der Waals surface area contributed by atoms with E-state index in [0.717, 1.165) is 16.5 Å². The first-order chi connectivity index (χ1) is 10.2. The van der Waals surface area contributed by atoms with Crippen molar-refractivity contribution < 1.29 is 14.6 Å². The average Bonchev–Trinajstić information content (AvgIpc) is 2.48. The van der Waals surface area contributed by atoms with Crippen molar-refractivity contribution in [1.29, 1.82) is 0 Å². The molecule has 3 rings (SSSR count). The van der Waals surface area contributed by atoms with Crippen LogP contribution in [0.3, 0.4) is 0 Å². The van der Waals surface area contributed by atoms with Gasteiger partial charge in [-0.2, -0.15) is 0 Å². The van der Waals surface area contributed by atoms with Crippen LogP contribution in [0.1, 0.15) is 28.7 Å². The Hall–Kier alpha value is -1.52. The number of benzene rings is 2. The fourth-order valence-electron chi connectivity index (χ4n) is 2.95. The predicted octanol–water partition coefficient (Wildman–Crippen LogP) is 3.84. The van der Waals surface area contributed by atoms with Gasteiger partial charge in [0.1, 0.15) is 16.0 Å². The van der Waals surface area contributed by atoms with E-state index in [1.54, 1.807) is 14.2 Å². The molecule has 21 heavy (non-hydrogen) atoms. The smallest absolute Gasteiger partial charge is 0.142 e. The normalized spacial score (nSPS) is 17.6. The Morgan fingerprint density at radius 3 is 2.57 bits per heavy atom. The van der Waals surface area contributed by atoms with Crippen LogP contribution < -0.4 is 9.47 Å². The molecule has 0 aromatic heterocycles. The van der Waals surface area contributed by atoms with Gasteiger partial charge in [0.05, 0.1) is 20.3 Å². The summed E-state index contributed by atoms with van der Waals surface area (Å²) in [5.74, 6) is 1.44. The molecule has 3 nitrogen and oxygen atoms in total. The third-order valence-electron chi connectivity index (χ3n) is 4.11. The van der Waals surface area contributed by atoms with Crippen LogP contribution >= 0.6 is 15.9 Å². The lowest BCUT2D eigenvalue weighted by molar-refractivity contribution is 0.131. The summed E-state index contributed by atoms with van der Waals surface area (Å²) in [4.78, 5) is 0. The molecule has 1 aliphatic carbocycles. The molecule has 0 radical (unpaired) electrons. The molecule has 4 heteroatoms. The summed E-state index contributed by atoms with van der Waals surface area (Å²) in [7, 11) is 3.21. The topological polar surface area (TPSA) is 38.7 Å². The number of ether oxygens (including phenoxy) is 2. The van der Waals surface area contributed by atoms with Gasteiger partial charge in [0.15, 0.2) is 0 Å². The summed E-state index contributed by atoms with van der Waals surface area (Å²) in [5, 5.41) is 10.7. The number of hydrogen-bond donors (Lipinski definition) is 1. The molecular formula is C17H17BrO3. The van der Waals surface area contributed by atoms with Crippen LogP contribution in [0.25, 0.3) is 0 Å². The van der Waals surface area contributed by atoms with Gasteiger partial charge < -0.3 is 14.6 Å². The van der Waals surface area contributed by atoms with Gasteiger partial charge in [-0.05, 0) is 45.6 Å². The molecule has 0 bridgehead atoms. The molecule has 0 saturated carbocycles. The van der Waals surface area contributed by atoms with Gasteiger partial charge in [-0.25, -0.2) is 0 Å². The Morgan fingerprint density at radius 2 is 1.90 bits per heavy atom. The first kappa shape index (κ1) is 14.4. The first-order valence-electron chi connectivity index (χ1n) is 6.83. The van der Waals surface area contributed by atoms with Crippen molar-refractivity contribution >= 4 is 15.9 Å². The maximum Gasteiger partial charge on any atom is 0.142 e. The number of hydrogen-bond acceptors (Lipinski definition) is 3. The van der Waals surface area contributed by atoms with Crippen molar-refractivity contribution in [3.8, 4) is 11.5 Å². The quantitative estimate of drug-likeness (QED) is 0.912. The minimum absolute atomic E-state index is 0.121. The molecule has 0 aliphatic heterocycles. The van der Waals surface area contributed by atoms with E-state index < -0.39 is 6.10 Å². The summed E-state index contributed by atoms with van der Waals surface area (Å²) in [6.07, 6.45) is 0.307. The fourth-order valence-corrected chi connectivity index (χ4v) is 3.63. The van der Waals surface area contributed by atoms with Crippen LogP contribution in [-0.4, -0.2) is 19.3 Å². The second-order valence-corrected chi connectivity index (χ2v) is 5.95. The van der Waals surface area contributed by atoms with Gasteiger partial charge in [0.25, 0.3) is 0 Å². The highest BCUT2D eigenvalue weighted by atomic mass is 79.9. The highest BCUT2D eigenvalue weighted by molar-refractivity contribution is 9.10. The molecule has 1 aliphatic rings. The molecule has 2 aromatic rings. The lowest BCUT2D eigenvalue weighted by Crippen LogP contribution is -2.24. The van der Waals surface area contributed by atoms with Crippen molar-refractivity contribution in [2.24, 2.45) is 0 Å².